The summed E-state index contributed by atoms with van der Waals surface area (Å²) in [4.78, 5) is 10.5. The van der Waals surface area contributed by atoms with Crippen LogP contribution >= 0.6 is 11.6 Å². The predicted molar refractivity (Wildman–Crippen MR) is 117 cm³/mol. The third-order valence-corrected chi connectivity index (χ3v) is 8.04. The van der Waals surface area contributed by atoms with Crippen molar-refractivity contribution in [1.82, 2.24) is 14.9 Å². The number of aromatic amines is 1. The van der Waals surface area contributed by atoms with Gasteiger partial charge in [-0.2, -0.15) is 4.72 Å². The van der Waals surface area contributed by atoms with Crippen LogP contribution in [0.3, 0.4) is 0 Å². The van der Waals surface area contributed by atoms with E-state index in [2.05, 4.69) is 9.82 Å². The van der Waals surface area contributed by atoms with Gasteiger partial charge in [-0.25, -0.2) is 36.3 Å². The summed E-state index contributed by atoms with van der Waals surface area (Å²) in [6.45, 7) is 4.97. The molecule has 0 aliphatic heterocycles. The van der Waals surface area contributed by atoms with E-state index in [0.717, 1.165) is 23.8 Å². The lowest BCUT2D eigenvalue weighted by Crippen LogP contribution is -2.33. The SMILES string of the molecule is Cc1ccc(F)c(C(C)C(NS(=O)(=O)c2ccc(Cl)c(S(N)(=O)=O)c2)c2n[nH]c(=O)o2)c1C. The number of hydrogen-bond acceptors (Lipinski definition) is 7. The van der Waals surface area contributed by atoms with Gasteiger partial charge in [0.1, 0.15) is 16.8 Å². The van der Waals surface area contributed by atoms with Gasteiger partial charge in [-0.1, -0.05) is 24.6 Å². The molecule has 1 aromatic heterocycles. The Bertz CT molecular complexity index is 1480. The summed E-state index contributed by atoms with van der Waals surface area (Å²) in [7, 11) is -8.77. The number of halogens is 2. The fourth-order valence-corrected chi connectivity index (χ4v) is 5.82. The van der Waals surface area contributed by atoms with E-state index in [4.69, 9.17) is 21.2 Å². The fraction of sp³-hybridized carbons (Fsp3) is 0.263. The quantitative estimate of drug-likeness (QED) is 0.431. The summed E-state index contributed by atoms with van der Waals surface area (Å²) in [6, 6.07) is 4.42. The van der Waals surface area contributed by atoms with Crippen LogP contribution < -0.4 is 15.6 Å². The molecule has 0 fully saturated rings. The zero-order valence-electron chi connectivity index (χ0n) is 17.6. The molecule has 0 saturated heterocycles. The molecular formula is C19H20ClFN4O6S2. The number of nitrogens with two attached hydrogens (primary N) is 1. The molecule has 3 aromatic rings. The molecule has 0 radical (unpaired) electrons. The summed E-state index contributed by atoms with van der Waals surface area (Å²) in [5.74, 6) is -2.75. The lowest BCUT2D eigenvalue weighted by atomic mass is 9.88. The molecule has 0 aliphatic carbocycles. The summed E-state index contributed by atoms with van der Waals surface area (Å²) >= 11 is 5.84. The Kier molecular flexibility index (Phi) is 6.82. The van der Waals surface area contributed by atoms with E-state index in [1.807, 2.05) is 5.10 Å². The average molecular weight is 519 g/mol. The first-order chi connectivity index (χ1) is 15.2. The monoisotopic (exact) mass is 518 g/mol. The molecule has 1 heterocycles. The third-order valence-electron chi connectivity index (χ3n) is 5.21. The van der Waals surface area contributed by atoms with Crippen molar-refractivity contribution in [3.8, 4) is 0 Å². The average Bonchev–Trinajstić information content (AvgIpc) is 3.14. The highest BCUT2D eigenvalue weighted by Gasteiger charge is 2.34. The summed E-state index contributed by atoms with van der Waals surface area (Å²) in [5.41, 5.74) is 1.53. The van der Waals surface area contributed by atoms with Crippen LogP contribution in [0.15, 0.2) is 49.3 Å². The van der Waals surface area contributed by atoms with Gasteiger partial charge in [0, 0.05) is 5.92 Å². The maximum Gasteiger partial charge on any atom is 0.434 e. The van der Waals surface area contributed by atoms with Gasteiger partial charge in [0.2, 0.25) is 25.9 Å². The fourth-order valence-electron chi connectivity index (χ4n) is 3.37. The number of H-pyrrole nitrogens is 1. The highest BCUT2D eigenvalue weighted by Crippen LogP contribution is 2.35. The molecule has 33 heavy (non-hydrogen) atoms. The van der Waals surface area contributed by atoms with E-state index in [0.29, 0.717) is 5.56 Å². The number of hydrogen-bond donors (Lipinski definition) is 3. The van der Waals surface area contributed by atoms with Crippen LogP contribution in [0.4, 0.5) is 4.39 Å². The van der Waals surface area contributed by atoms with Crippen molar-refractivity contribution in [3.63, 3.8) is 0 Å². The minimum absolute atomic E-state index is 0.190. The molecule has 178 valence electrons. The number of primary sulfonamides is 1. The smallest absolute Gasteiger partial charge is 0.391 e. The van der Waals surface area contributed by atoms with Crippen molar-refractivity contribution in [2.45, 2.75) is 42.5 Å². The van der Waals surface area contributed by atoms with Crippen LogP contribution in [0.1, 0.15) is 41.5 Å². The van der Waals surface area contributed by atoms with E-state index in [-0.39, 0.29) is 16.5 Å². The Morgan fingerprint density at radius 2 is 1.85 bits per heavy atom. The van der Waals surface area contributed by atoms with Crippen molar-refractivity contribution in [2.24, 2.45) is 5.14 Å². The topological polar surface area (TPSA) is 165 Å². The van der Waals surface area contributed by atoms with Gasteiger partial charge >= 0.3 is 5.76 Å². The molecule has 14 heteroatoms. The van der Waals surface area contributed by atoms with E-state index in [1.165, 1.54) is 13.0 Å². The third kappa shape index (κ3) is 5.17. The van der Waals surface area contributed by atoms with Crippen LogP contribution in [0, 0.1) is 19.7 Å². The van der Waals surface area contributed by atoms with Gasteiger partial charge in [0.15, 0.2) is 0 Å². The number of sulfonamides is 2. The van der Waals surface area contributed by atoms with Crippen LogP contribution in [-0.2, 0) is 20.0 Å². The molecular weight excluding hydrogens is 499 g/mol. The summed E-state index contributed by atoms with van der Waals surface area (Å²) < 4.78 is 71.8. The molecule has 2 atom stereocenters. The first-order valence-electron chi connectivity index (χ1n) is 9.38. The molecule has 10 nitrogen and oxygen atoms in total. The number of rotatable bonds is 7. The maximum atomic E-state index is 14.8. The van der Waals surface area contributed by atoms with Gasteiger partial charge in [-0.15, -0.1) is 5.10 Å². The van der Waals surface area contributed by atoms with Gasteiger partial charge in [-0.05, 0) is 54.8 Å². The molecule has 2 aromatic carbocycles. The molecule has 4 N–H and O–H groups in total. The van der Waals surface area contributed by atoms with Gasteiger partial charge in [0.25, 0.3) is 0 Å². The van der Waals surface area contributed by atoms with E-state index >= 15 is 0 Å². The van der Waals surface area contributed by atoms with E-state index < -0.39 is 53.4 Å². The minimum atomic E-state index is -4.45. The highest BCUT2D eigenvalue weighted by molar-refractivity contribution is 7.90. The van der Waals surface area contributed by atoms with Crippen LogP contribution in [-0.4, -0.2) is 27.0 Å². The Hall–Kier alpha value is -2.58. The van der Waals surface area contributed by atoms with Crippen molar-refractivity contribution in [3.05, 3.63) is 74.3 Å². The van der Waals surface area contributed by atoms with Crippen LogP contribution in [0.5, 0.6) is 0 Å². The van der Waals surface area contributed by atoms with Crippen molar-refractivity contribution in [1.29, 1.82) is 0 Å². The van der Waals surface area contributed by atoms with Gasteiger partial charge < -0.3 is 4.42 Å². The number of nitrogens with zero attached hydrogens (tertiary/aromatic N) is 1. The number of benzene rings is 2. The minimum Gasteiger partial charge on any atom is -0.391 e. The first-order valence-corrected chi connectivity index (χ1v) is 12.8. The Labute approximate surface area is 194 Å². The van der Waals surface area contributed by atoms with Crippen LogP contribution in [0.25, 0.3) is 0 Å². The lowest BCUT2D eigenvalue weighted by Gasteiger charge is -2.25. The number of aryl methyl sites for hydroxylation is 1. The lowest BCUT2D eigenvalue weighted by molar-refractivity contribution is 0.376. The zero-order valence-corrected chi connectivity index (χ0v) is 20.0. The maximum absolute atomic E-state index is 14.8. The van der Waals surface area contributed by atoms with Crippen molar-refractivity contribution in [2.75, 3.05) is 0 Å². The van der Waals surface area contributed by atoms with E-state index in [1.54, 1.807) is 19.9 Å². The van der Waals surface area contributed by atoms with Crippen molar-refractivity contribution >= 4 is 31.6 Å². The molecule has 2 unspecified atom stereocenters. The second-order valence-electron chi connectivity index (χ2n) is 7.38. The van der Waals surface area contributed by atoms with Gasteiger partial charge in [-0.3, -0.25) is 0 Å². The Morgan fingerprint density at radius 1 is 1.18 bits per heavy atom. The molecule has 0 saturated carbocycles. The molecule has 0 aliphatic rings. The molecule has 0 amide bonds. The molecule has 3 rings (SSSR count). The second kappa shape index (κ2) is 8.99. The summed E-state index contributed by atoms with van der Waals surface area (Å²) in [6.07, 6.45) is 0. The predicted octanol–water partition coefficient (Wildman–Crippen LogP) is 2.24. The zero-order chi connectivity index (χ0) is 24.7. The second-order valence-corrected chi connectivity index (χ2v) is 11.0. The Morgan fingerprint density at radius 3 is 2.42 bits per heavy atom. The van der Waals surface area contributed by atoms with E-state index in [9.17, 15) is 26.0 Å². The van der Waals surface area contributed by atoms with Gasteiger partial charge in [0.05, 0.1) is 9.92 Å². The molecule has 0 spiro atoms. The highest BCUT2D eigenvalue weighted by atomic mass is 35.5. The largest absolute Gasteiger partial charge is 0.434 e. The number of nitrogens with one attached hydrogen (secondary N) is 2. The standard InChI is InChI=1S/C19H20ClFN4O6S2/c1-9-4-7-14(21)16(10(9)2)11(3)17(18-23-24-19(26)31-18)25-33(29,30)12-5-6-13(20)15(8-12)32(22,27)28/h4-8,11,17,25H,1-3H3,(H,24,26)(H2,22,27,28). The normalized spacial score (nSPS) is 14.2. The number of aromatic nitrogens is 2. The summed E-state index contributed by atoms with van der Waals surface area (Å²) in [5, 5.41) is 10.6. The Balaban J connectivity index is 2.13. The van der Waals surface area contributed by atoms with Crippen molar-refractivity contribution < 1.29 is 25.6 Å². The first kappa shape index (κ1) is 25.1. The molecule has 0 bridgehead atoms. The van der Waals surface area contributed by atoms with Crippen LogP contribution in [0.2, 0.25) is 5.02 Å².